The van der Waals surface area contributed by atoms with Gasteiger partial charge in [-0.05, 0) is 28.8 Å². The van der Waals surface area contributed by atoms with Crippen LogP contribution in [0.2, 0.25) is 0 Å². The molecule has 0 aliphatic rings. The van der Waals surface area contributed by atoms with Crippen molar-refractivity contribution in [1.82, 2.24) is 0 Å². The van der Waals surface area contributed by atoms with Crippen molar-refractivity contribution in [1.29, 1.82) is 0 Å². The minimum Gasteiger partial charge on any atom is -0.399 e. The van der Waals surface area contributed by atoms with E-state index in [0.717, 1.165) is 11.3 Å². The molecule has 0 aromatic heterocycles. The van der Waals surface area contributed by atoms with Crippen molar-refractivity contribution in [2.75, 3.05) is 5.73 Å². The fraction of sp³-hybridized carbons (Fsp3) is 0. The maximum atomic E-state index is 5.54. The van der Waals surface area contributed by atoms with Gasteiger partial charge >= 0.3 is 0 Å². The predicted octanol–water partition coefficient (Wildman–Crippen LogP) is 2.63. The average Bonchev–Trinajstić information content (AvgIpc) is 1.88. The molecule has 1 rings (SSSR count). The van der Waals surface area contributed by atoms with Gasteiger partial charge in [-0.1, -0.05) is 28.1 Å². The highest BCUT2D eigenvalue weighted by atomic mass is 79.9. The maximum Gasteiger partial charge on any atom is 0.0319 e. The van der Waals surface area contributed by atoms with E-state index < -0.39 is 0 Å². The summed E-state index contributed by atoms with van der Waals surface area (Å²) in [6.45, 7) is 0. The summed E-state index contributed by atoms with van der Waals surface area (Å²) in [4.78, 5) is 1.81. The quantitative estimate of drug-likeness (QED) is 0.689. The summed E-state index contributed by atoms with van der Waals surface area (Å²) in [5, 5.41) is 0. The first kappa shape index (κ1) is 7.35. The smallest absolute Gasteiger partial charge is 0.0319 e. The highest BCUT2D eigenvalue weighted by Gasteiger charge is 1.85. The molecule has 0 bridgehead atoms. The van der Waals surface area contributed by atoms with Gasteiger partial charge in [0, 0.05) is 5.69 Å². The lowest BCUT2D eigenvalue weighted by molar-refractivity contribution is 1.65. The summed E-state index contributed by atoms with van der Waals surface area (Å²) >= 11 is 3.19. The third-order valence-corrected chi connectivity index (χ3v) is 1.43. The molecule has 0 heterocycles. The fourth-order valence-electron chi connectivity index (χ4n) is 0.735. The second kappa shape index (κ2) is 3.42. The van der Waals surface area contributed by atoms with E-state index in [1.807, 2.05) is 35.3 Å². The van der Waals surface area contributed by atoms with Crippen LogP contribution in [-0.4, -0.2) is 0 Å². The number of rotatable bonds is 1. The van der Waals surface area contributed by atoms with Gasteiger partial charge in [-0.3, -0.25) is 0 Å². The van der Waals surface area contributed by atoms with Crippen LogP contribution in [0.25, 0.3) is 6.08 Å². The van der Waals surface area contributed by atoms with Crippen LogP contribution in [0.1, 0.15) is 5.56 Å². The number of hydrogen-bond donors (Lipinski definition) is 1. The van der Waals surface area contributed by atoms with E-state index in [1.165, 1.54) is 0 Å². The molecule has 0 amide bonds. The van der Waals surface area contributed by atoms with E-state index in [9.17, 15) is 0 Å². The Morgan fingerprint density at radius 1 is 1.40 bits per heavy atom. The second-order valence-corrected chi connectivity index (χ2v) is 2.49. The van der Waals surface area contributed by atoms with Gasteiger partial charge in [-0.2, -0.15) is 0 Å². The van der Waals surface area contributed by atoms with E-state index >= 15 is 0 Å². The van der Waals surface area contributed by atoms with Crippen LogP contribution in [0.4, 0.5) is 5.69 Å². The summed E-state index contributed by atoms with van der Waals surface area (Å²) in [6.07, 6.45) is 1.94. The highest BCUT2D eigenvalue weighted by Crippen LogP contribution is 2.08. The molecule has 0 fully saturated rings. The van der Waals surface area contributed by atoms with Gasteiger partial charge in [0.15, 0.2) is 0 Å². The Hall–Kier alpha value is -0.760. The second-order valence-electron chi connectivity index (χ2n) is 1.96. The first-order chi connectivity index (χ1) is 4.83. The van der Waals surface area contributed by atoms with Crippen molar-refractivity contribution >= 4 is 27.7 Å². The molecule has 0 saturated carbocycles. The van der Waals surface area contributed by atoms with Crippen LogP contribution >= 0.6 is 15.9 Å². The molecule has 52 valence electrons. The Balaban J connectivity index is 2.95. The zero-order valence-electron chi connectivity index (χ0n) is 5.42. The van der Waals surface area contributed by atoms with Gasteiger partial charge in [0.05, 0.1) is 0 Å². The Morgan fingerprint density at radius 2 is 2.20 bits per heavy atom. The molecule has 0 aliphatic heterocycles. The zero-order valence-corrected chi connectivity index (χ0v) is 7.01. The number of nitrogens with two attached hydrogens (primary N) is 1. The molecule has 1 aromatic rings. The molecule has 0 spiro atoms. The van der Waals surface area contributed by atoms with Crippen molar-refractivity contribution < 1.29 is 0 Å². The van der Waals surface area contributed by atoms with Crippen LogP contribution < -0.4 is 5.73 Å². The lowest BCUT2D eigenvalue weighted by Crippen LogP contribution is -1.82. The Morgan fingerprint density at radius 3 is 2.80 bits per heavy atom. The average molecular weight is 198 g/mol. The molecular weight excluding hydrogens is 190 g/mol. The summed E-state index contributed by atoms with van der Waals surface area (Å²) in [7, 11) is 0. The van der Waals surface area contributed by atoms with Crippen LogP contribution in [0.3, 0.4) is 0 Å². The van der Waals surface area contributed by atoms with Crippen LogP contribution in [0.5, 0.6) is 0 Å². The standard InChI is InChI=1S/C8H8BrN/c9-5-4-7-2-1-3-8(10)6-7/h1-6H,10H2/b5-4+. The Bertz CT molecular complexity index is 243. The number of hydrogen-bond acceptors (Lipinski definition) is 1. The summed E-state index contributed by atoms with van der Waals surface area (Å²) in [5.74, 6) is 0. The lowest BCUT2D eigenvalue weighted by atomic mass is 10.2. The van der Waals surface area contributed by atoms with E-state index in [4.69, 9.17) is 5.73 Å². The molecule has 0 atom stereocenters. The normalized spacial score (nSPS) is 10.5. The van der Waals surface area contributed by atoms with Gasteiger partial charge in [0.1, 0.15) is 0 Å². The van der Waals surface area contributed by atoms with Crippen molar-refractivity contribution in [3.8, 4) is 0 Å². The lowest BCUT2D eigenvalue weighted by Gasteiger charge is -1.93. The van der Waals surface area contributed by atoms with Crippen molar-refractivity contribution in [2.24, 2.45) is 0 Å². The van der Waals surface area contributed by atoms with Crippen LogP contribution in [0, 0.1) is 0 Å². The molecule has 0 unspecified atom stereocenters. The van der Waals surface area contributed by atoms with Crippen molar-refractivity contribution in [2.45, 2.75) is 0 Å². The van der Waals surface area contributed by atoms with Gasteiger partial charge in [0.2, 0.25) is 0 Å². The molecule has 1 aromatic carbocycles. The topological polar surface area (TPSA) is 26.0 Å². The highest BCUT2D eigenvalue weighted by molar-refractivity contribution is 9.11. The van der Waals surface area contributed by atoms with Gasteiger partial charge in [-0.25, -0.2) is 0 Å². The summed E-state index contributed by atoms with van der Waals surface area (Å²) in [6, 6.07) is 7.70. The van der Waals surface area contributed by atoms with Crippen molar-refractivity contribution in [3.05, 3.63) is 34.8 Å². The van der Waals surface area contributed by atoms with Gasteiger partial charge < -0.3 is 5.73 Å². The minimum atomic E-state index is 0.795. The number of nitrogen functional groups attached to an aromatic ring is 1. The van der Waals surface area contributed by atoms with Gasteiger partial charge in [-0.15, -0.1) is 0 Å². The van der Waals surface area contributed by atoms with E-state index in [0.29, 0.717) is 0 Å². The largest absolute Gasteiger partial charge is 0.399 e. The summed E-state index contributed by atoms with van der Waals surface area (Å²) < 4.78 is 0. The number of halogens is 1. The van der Waals surface area contributed by atoms with Crippen LogP contribution in [-0.2, 0) is 0 Å². The molecule has 2 N–H and O–H groups in total. The summed E-state index contributed by atoms with van der Waals surface area (Å²) in [5.41, 5.74) is 7.44. The molecule has 2 heteroatoms. The van der Waals surface area contributed by atoms with Crippen molar-refractivity contribution in [3.63, 3.8) is 0 Å². The zero-order chi connectivity index (χ0) is 7.40. The number of benzene rings is 1. The first-order valence-corrected chi connectivity index (χ1v) is 3.87. The molecule has 0 saturated heterocycles. The Labute approximate surface area is 68.7 Å². The Kier molecular flexibility index (Phi) is 2.51. The maximum absolute atomic E-state index is 5.54. The fourth-order valence-corrected chi connectivity index (χ4v) is 1.04. The molecule has 10 heavy (non-hydrogen) atoms. The number of anilines is 1. The molecule has 0 aliphatic carbocycles. The van der Waals surface area contributed by atoms with Gasteiger partial charge in [0.25, 0.3) is 0 Å². The van der Waals surface area contributed by atoms with E-state index in [1.54, 1.807) is 0 Å². The SMILES string of the molecule is Nc1cccc(/C=C/Br)c1. The minimum absolute atomic E-state index is 0.795. The first-order valence-electron chi connectivity index (χ1n) is 2.95. The monoisotopic (exact) mass is 197 g/mol. The molecule has 1 nitrogen and oxygen atoms in total. The third kappa shape index (κ3) is 1.88. The molecular formula is C8H8BrN. The molecule has 0 radical (unpaired) electrons. The van der Waals surface area contributed by atoms with E-state index in [2.05, 4.69) is 15.9 Å². The van der Waals surface area contributed by atoms with E-state index in [-0.39, 0.29) is 0 Å². The third-order valence-electron chi connectivity index (χ3n) is 1.17. The predicted molar refractivity (Wildman–Crippen MR) is 48.8 cm³/mol. The van der Waals surface area contributed by atoms with Crippen LogP contribution in [0.15, 0.2) is 29.3 Å².